The number of carboxylic acid groups (broad SMARTS) is 1. The topological polar surface area (TPSA) is 106 Å². The van der Waals surface area contributed by atoms with E-state index in [9.17, 15) is 9.59 Å². The number of aromatic nitrogens is 1. The van der Waals surface area contributed by atoms with Crippen molar-refractivity contribution in [3.8, 4) is 0 Å². The maximum absolute atomic E-state index is 11.6. The molecule has 0 spiro atoms. The molecule has 106 valence electrons. The van der Waals surface area contributed by atoms with Crippen molar-refractivity contribution in [1.82, 2.24) is 10.5 Å². The molecule has 0 unspecified atom stereocenters. The molecule has 2 aromatic rings. The average molecular weight is 299 g/mol. The van der Waals surface area contributed by atoms with Crippen LogP contribution in [0.5, 0.6) is 0 Å². The lowest BCUT2D eigenvalue weighted by Crippen LogP contribution is -2.22. The van der Waals surface area contributed by atoms with E-state index in [1.807, 2.05) is 0 Å². The monoisotopic (exact) mass is 298 g/mol. The molecule has 2 N–H and O–H groups in total. The summed E-state index contributed by atoms with van der Waals surface area (Å²) in [5.74, 6) is -0.629. The number of halogens is 1. The molecule has 0 saturated carbocycles. The first kappa shape index (κ1) is 14.1. The minimum absolute atomic E-state index is 0.128. The van der Waals surface area contributed by atoms with Gasteiger partial charge < -0.3 is 19.4 Å². The highest BCUT2D eigenvalue weighted by Crippen LogP contribution is 2.11. The normalized spacial score (nSPS) is 10.4. The molecule has 1 amide bonds. The van der Waals surface area contributed by atoms with E-state index in [1.54, 1.807) is 6.07 Å². The fraction of sp³-hybridized carbons (Fsp3) is 0.250. The first-order valence-corrected chi connectivity index (χ1v) is 6.12. The number of nitrogens with zero attached hydrogens (tertiary/aromatic N) is 1. The van der Waals surface area contributed by atoms with Gasteiger partial charge in [-0.05, 0) is 12.1 Å². The highest BCUT2D eigenvalue weighted by atomic mass is 35.5. The Bertz CT molecular complexity index is 619. The Hall–Kier alpha value is -2.28. The molecule has 2 heterocycles. The van der Waals surface area contributed by atoms with Crippen LogP contribution in [-0.2, 0) is 17.8 Å². The zero-order chi connectivity index (χ0) is 14.5. The van der Waals surface area contributed by atoms with Crippen molar-refractivity contribution in [3.63, 3.8) is 0 Å². The van der Waals surface area contributed by atoms with Gasteiger partial charge >= 0.3 is 5.97 Å². The third-order valence-corrected chi connectivity index (χ3v) is 2.64. The molecule has 7 nitrogen and oxygen atoms in total. The lowest BCUT2D eigenvalue weighted by atomic mass is 10.2. The Balaban J connectivity index is 1.75. The quantitative estimate of drug-likeness (QED) is 0.843. The van der Waals surface area contributed by atoms with E-state index in [0.29, 0.717) is 17.9 Å². The number of rotatable bonds is 6. The van der Waals surface area contributed by atoms with Gasteiger partial charge in [-0.1, -0.05) is 16.8 Å². The first-order valence-electron chi connectivity index (χ1n) is 5.74. The van der Waals surface area contributed by atoms with Crippen molar-refractivity contribution in [1.29, 1.82) is 0 Å². The average Bonchev–Trinajstić information content (AvgIpc) is 3.03. The lowest BCUT2D eigenvalue weighted by Gasteiger charge is -2.01. The lowest BCUT2D eigenvalue weighted by molar-refractivity contribution is -0.121. The Morgan fingerprint density at radius 1 is 1.35 bits per heavy atom. The Labute approximate surface area is 118 Å². The molecule has 2 rings (SSSR count). The van der Waals surface area contributed by atoms with E-state index in [1.165, 1.54) is 12.1 Å². The Morgan fingerprint density at radius 2 is 2.15 bits per heavy atom. The van der Waals surface area contributed by atoms with Gasteiger partial charge in [0.15, 0.2) is 5.15 Å². The SMILES string of the molecule is O=C(CCc1cc(Cl)no1)NCc1ccc(C(=O)O)o1. The Morgan fingerprint density at radius 3 is 2.75 bits per heavy atom. The van der Waals surface area contributed by atoms with Gasteiger partial charge in [-0.25, -0.2) is 4.79 Å². The van der Waals surface area contributed by atoms with Crippen LogP contribution in [0.25, 0.3) is 0 Å². The number of hydrogen-bond acceptors (Lipinski definition) is 5. The first-order chi connectivity index (χ1) is 9.54. The molecule has 0 aliphatic carbocycles. The second-order valence-electron chi connectivity index (χ2n) is 3.96. The van der Waals surface area contributed by atoms with E-state index >= 15 is 0 Å². The van der Waals surface area contributed by atoms with Crippen molar-refractivity contribution in [2.75, 3.05) is 0 Å². The molecule has 0 aliphatic rings. The van der Waals surface area contributed by atoms with Crippen molar-refractivity contribution in [2.24, 2.45) is 0 Å². The number of aromatic carboxylic acids is 1. The van der Waals surface area contributed by atoms with Gasteiger partial charge in [0.25, 0.3) is 0 Å². The molecular weight excluding hydrogens is 288 g/mol. The summed E-state index contributed by atoms with van der Waals surface area (Å²) in [6, 6.07) is 4.38. The number of furan rings is 1. The summed E-state index contributed by atoms with van der Waals surface area (Å²) < 4.78 is 9.86. The molecule has 20 heavy (non-hydrogen) atoms. The molecule has 8 heteroatoms. The number of carbonyl (C=O) groups is 2. The summed E-state index contributed by atoms with van der Waals surface area (Å²) in [7, 11) is 0. The molecule has 0 atom stereocenters. The van der Waals surface area contributed by atoms with Gasteiger partial charge in [-0.2, -0.15) is 0 Å². The number of amides is 1. The number of carbonyl (C=O) groups excluding carboxylic acids is 1. The third kappa shape index (κ3) is 3.86. The zero-order valence-electron chi connectivity index (χ0n) is 10.3. The van der Waals surface area contributed by atoms with Crippen LogP contribution < -0.4 is 5.32 Å². The van der Waals surface area contributed by atoms with Crippen LogP contribution in [0.2, 0.25) is 5.15 Å². The van der Waals surface area contributed by atoms with Crippen LogP contribution in [0.15, 0.2) is 27.1 Å². The predicted octanol–water partition coefficient (Wildman–Crippen LogP) is 1.87. The summed E-state index contributed by atoms with van der Waals surface area (Å²) in [4.78, 5) is 22.2. The van der Waals surface area contributed by atoms with Crippen molar-refractivity contribution < 1.29 is 23.6 Å². The van der Waals surface area contributed by atoms with Crippen molar-refractivity contribution in [3.05, 3.63) is 40.6 Å². The highest BCUT2D eigenvalue weighted by Gasteiger charge is 2.10. The molecular formula is C12H11ClN2O5. The van der Waals surface area contributed by atoms with Gasteiger partial charge in [0.05, 0.1) is 6.54 Å². The second kappa shape index (κ2) is 6.25. The van der Waals surface area contributed by atoms with Crippen LogP contribution >= 0.6 is 11.6 Å². The fourth-order valence-corrected chi connectivity index (χ4v) is 1.66. The van der Waals surface area contributed by atoms with Crippen LogP contribution in [0.3, 0.4) is 0 Å². The molecule has 0 saturated heterocycles. The van der Waals surface area contributed by atoms with E-state index in [-0.39, 0.29) is 29.8 Å². The maximum atomic E-state index is 11.6. The minimum Gasteiger partial charge on any atom is -0.475 e. The van der Waals surface area contributed by atoms with E-state index in [0.717, 1.165) is 0 Å². The largest absolute Gasteiger partial charge is 0.475 e. The molecule has 0 aromatic carbocycles. The fourth-order valence-electron chi connectivity index (χ4n) is 1.50. The summed E-state index contributed by atoms with van der Waals surface area (Å²) in [5, 5.41) is 15.0. The molecule has 0 bridgehead atoms. The zero-order valence-corrected chi connectivity index (χ0v) is 11.0. The van der Waals surface area contributed by atoms with Crippen LogP contribution in [0, 0.1) is 0 Å². The molecule has 2 aromatic heterocycles. The van der Waals surface area contributed by atoms with Crippen LogP contribution in [0.4, 0.5) is 0 Å². The predicted molar refractivity (Wildman–Crippen MR) is 67.3 cm³/mol. The van der Waals surface area contributed by atoms with E-state index < -0.39 is 5.97 Å². The standard InChI is InChI=1S/C12H11ClN2O5/c13-10-5-7(20-15-10)2-4-11(16)14-6-8-1-3-9(19-8)12(17)18/h1,3,5H,2,4,6H2,(H,14,16)(H,17,18). The second-order valence-corrected chi connectivity index (χ2v) is 4.35. The summed E-state index contributed by atoms with van der Waals surface area (Å²) >= 11 is 5.58. The van der Waals surface area contributed by atoms with Crippen LogP contribution in [-0.4, -0.2) is 22.1 Å². The molecule has 0 radical (unpaired) electrons. The van der Waals surface area contributed by atoms with E-state index in [2.05, 4.69) is 10.5 Å². The number of hydrogen-bond donors (Lipinski definition) is 2. The smallest absolute Gasteiger partial charge is 0.371 e. The summed E-state index contributed by atoms with van der Waals surface area (Å²) in [6.45, 7) is 0.128. The highest BCUT2D eigenvalue weighted by molar-refractivity contribution is 6.29. The number of nitrogens with one attached hydrogen (secondary N) is 1. The summed E-state index contributed by atoms with van der Waals surface area (Å²) in [6.07, 6.45) is 0.585. The molecule has 0 aliphatic heterocycles. The van der Waals surface area contributed by atoms with Gasteiger partial charge in [0, 0.05) is 18.9 Å². The minimum atomic E-state index is -1.15. The number of carboxylic acids is 1. The van der Waals surface area contributed by atoms with Gasteiger partial charge in [-0.15, -0.1) is 0 Å². The van der Waals surface area contributed by atoms with E-state index in [4.69, 9.17) is 25.6 Å². The third-order valence-electron chi connectivity index (χ3n) is 2.46. The maximum Gasteiger partial charge on any atom is 0.371 e. The van der Waals surface area contributed by atoms with Gasteiger partial charge in [0.1, 0.15) is 11.5 Å². The molecule has 0 fully saturated rings. The van der Waals surface area contributed by atoms with Crippen molar-refractivity contribution >= 4 is 23.5 Å². The Kier molecular flexibility index (Phi) is 4.41. The van der Waals surface area contributed by atoms with Crippen LogP contribution in [0.1, 0.15) is 28.5 Å². The van der Waals surface area contributed by atoms with Gasteiger partial charge in [-0.3, -0.25) is 4.79 Å². The number of aryl methyl sites for hydroxylation is 1. The van der Waals surface area contributed by atoms with Crippen molar-refractivity contribution in [2.45, 2.75) is 19.4 Å². The summed E-state index contributed by atoms with van der Waals surface area (Å²) in [5.41, 5.74) is 0. The van der Waals surface area contributed by atoms with Gasteiger partial charge in [0.2, 0.25) is 11.7 Å².